The minimum absolute atomic E-state index is 0.0184. The number of hydrogen-bond acceptors (Lipinski definition) is 4. The van der Waals surface area contributed by atoms with Crippen molar-refractivity contribution in [2.75, 3.05) is 19.4 Å². The molecule has 0 unspecified atom stereocenters. The van der Waals surface area contributed by atoms with Crippen LogP contribution in [0.5, 0.6) is 5.75 Å². The van der Waals surface area contributed by atoms with E-state index in [0.29, 0.717) is 17.0 Å². The van der Waals surface area contributed by atoms with Crippen LogP contribution in [0.15, 0.2) is 18.2 Å². The smallest absolute Gasteiger partial charge is 0.323 e. The quantitative estimate of drug-likeness (QED) is 0.806. The van der Waals surface area contributed by atoms with Gasteiger partial charge in [-0.25, -0.2) is 0 Å². The van der Waals surface area contributed by atoms with Gasteiger partial charge in [0.25, 0.3) is 5.91 Å². The molecule has 1 aliphatic rings. The number of aliphatic carboxylic acids is 1. The van der Waals surface area contributed by atoms with Crippen molar-refractivity contribution in [2.45, 2.75) is 31.7 Å². The van der Waals surface area contributed by atoms with Gasteiger partial charge >= 0.3 is 5.97 Å². The Hall–Kier alpha value is -2.24. The van der Waals surface area contributed by atoms with Gasteiger partial charge in [0.2, 0.25) is 0 Å². The van der Waals surface area contributed by atoms with Crippen molar-refractivity contribution in [3.63, 3.8) is 0 Å². The van der Waals surface area contributed by atoms with E-state index in [1.165, 1.54) is 12.0 Å². The predicted octanol–water partition coefficient (Wildman–Crippen LogP) is 1.75. The maximum atomic E-state index is 12.6. The number of nitrogens with two attached hydrogens (primary N) is 1. The third-order valence-corrected chi connectivity index (χ3v) is 3.82. The van der Waals surface area contributed by atoms with Crippen molar-refractivity contribution in [1.82, 2.24) is 4.90 Å². The van der Waals surface area contributed by atoms with E-state index >= 15 is 0 Å². The Bertz CT molecular complexity index is 538. The number of benzene rings is 1. The molecular weight excluding hydrogens is 272 g/mol. The van der Waals surface area contributed by atoms with Gasteiger partial charge in [0.05, 0.1) is 12.7 Å². The minimum atomic E-state index is -1.01. The number of nitrogens with zero attached hydrogens (tertiary/aromatic N) is 1. The highest BCUT2D eigenvalue weighted by molar-refractivity contribution is 6.00. The summed E-state index contributed by atoms with van der Waals surface area (Å²) in [5.41, 5.74) is 6.51. The van der Waals surface area contributed by atoms with Gasteiger partial charge in [0.1, 0.15) is 12.3 Å². The summed E-state index contributed by atoms with van der Waals surface area (Å²) in [7, 11) is 1.52. The molecule has 6 heteroatoms. The lowest BCUT2D eigenvalue weighted by molar-refractivity contribution is -0.138. The van der Waals surface area contributed by atoms with E-state index in [9.17, 15) is 9.59 Å². The molecule has 21 heavy (non-hydrogen) atoms. The van der Waals surface area contributed by atoms with Crippen molar-refractivity contribution in [1.29, 1.82) is 0 Å². The molecule has 1 fully saturated rings. The molecule has 1 aromatic rings. The van der Waals surface area contributed by atoms with Gasteiger partial charge < -0.3 is 20.5 Å². The fourth-order valence-corrected chi connectivity index (χ4v) is 2.75. The average Bonchev–Trinajstić information content (AvgIpc) is 2.97. The van der Waals surface area contributed by atoms with Gasteiger partial charge in [0, 0.05) is 17.8 Å². The molecule has 0 aliphatic heterocycles. The molecule has 1 aliphatic carbocycles. The second-order valence-corrected chi connectivity index (χ2v) is 5.22. The van der Waals surface area contributed by atoms with Crippen molar-refractivity contribution >= 4 is 17.6 Å². The zero-order valence-corrected chi connectivity index (χ0v) is 12.0. The van der Waals surface area contributed by atoms with E-state index in [1.807, 2.05) is 0 Å². The van der Waals surface area contributed by atoms with E-state index in [4.69, 9.17) is 15.6 Å². The number of amides is 1. The van der Waals surface area contributed by atoms with Crippen molar-refractivity contribution in [3.8, 4) is 5.75 Å². The number of methoxy groups -OCH3 is 1. The highest BCUT2D eigenvalue weighted by Gasteiger charge is 2.29. The number of carbonyl (C=O) groups excluding carboxylic acids is 1. The van der Waals surface area contributed by atoms with Crippen molar-refractivity contribution < 1.29 is 19.4 Å². The Balaban J connectivity index is 2.26. The van der Waals surface area contributed by atoms with Crippen LogP contribution >= 0.6 is 0 Å². The third kappa shape index (κ3) is 3.45. The highest BCUT2D eigenvalue weighted by Crippen LogP contribution is 2.27. The van der Waals surface area contributed by atoms with Crippen LogP contribution in [0.2, 0.25) is 0 Å². The Morgan fingerprint density at radius 2 is 2.05 bits per heavy atom. The molecule has 2 rings (SSSR count). The lowest BCUT2D eigenvalue weighted by Crippen LogP contribution is -2.42. The molecule has 0 aromatic heterocycles. The fourth-order valence-electron chi connectivity index (χ4n) is 2.75. The van der Waals surface area contributed by atoms with Crippen LogP contribution in [0.1, 0.15) is 36.0 Å². The molecule has 114 valence electrons. The fraction of sp³-hybridized carbons (Fsp3) is 0.467. The van der Waals surface area contributed by atoms with E-state index < -0.39 is 5.97 Å². The first-order valence-electron chi connectivity index (χ1n) is 6.99. The Morgan fingerprint density at radius 1 is 1.38 bits per heavy atom. The SMILES string of the molecule is COc1ccc(C(=O)N(CC(=O)O)C2CCCC2)c(N)c1. The van der Waals surface area contributed by atoms with Crippen molar-refractivity contribution in [3.05, 3.63) is 23.8 Å². The Labute approximate surface area is 123 Å². The molecule has 0 atom stereocenters. The first-order valence-corrected chi connectivity index (χ1v) is 6.99. The van der Waals surface area contributed by atoms with Crippen LogP contribution < -0.4 is 10.5 Å². The number of nitrogen functional groups attached to an aromatic ring is 1. The van der Waals surface area contributed by atoms with Crippen LogP contribution in [0.3, 0.4) is 0 Å². The molecule has 1 saturated carbocycles. The Kier molecular flexibility index (Phi) is 4.67. The summed E-state index contributed by atoms with van der Waals surface area (Å²) in [6, 6.07) is 4.79. The summed E-state index contributed by atoms with van der Waals surface area (Å²) in [5.74, 6) is -0.776. The molecule has 0 heterocycles. The topological polar surface area (TPSA) is 92.9 Å². The van der Waals surface area contributed by atoms with Crippen molar-refractivity contribution in [2.24, 2.45) is 0 Å². The summed E-state index contributed by atoms with van der Waals surface area (Å²) >= 11 is 0. The van der Waals surface area contributed by atoms with E-state index in [0.717, 1.165) is 25.7 Å². The van der Waals surface area contributed by atoms with Gasteiger partial charge in [-0.05, 0) is 25.0 Å². The first kappa shape index (κ1) is 15.2. The zero-order valence-electron chi connectivity index (χ0n) is 12.0. The summed E-state index contributed by atoms with van der Waals surface area (Å²) in [6.07, 6.45) is 3.72. The summed E-state index contributed by atoms with van der Waals surface area (Å²) < 4.78 is 5.06. The monoisotopic (exact) mass is 292 g/mol. The molecule has 6 nitrogen and oxygen atoms in total. The van der Waals surface area contributed by atoms with E-state index in [2.05, 4.69) is 0 Å². The van der Waals surface area contributed by atoms with Gasteiger partial charge in [-0.2, -0.15) is 0 Å². The third-order valence-electron chi connectivity index (χ3n) is 3.82. The molecule has 1 amide bonds. The van der Waals surface area contributed by atoms with Gasteiger partial charge in [-0.1, -0.05) is 12.8 Å². The number of carboxylic acids is 1. The highest BCUT2D eigenvalue weighted by atomic mass is 16.5. The second kappa shape index (κ2) is 6.47. The van der Waals surface area contributed by atoms with Crippen LogP contribution in [0, 0.1) is 0 Å². The second-order valence-electron chi connectivity index (χ2n) is 5.22. The van der Waals surface area contributed by atoms with Crippen LogP contribution in [0.25, 0.3) is 0 Å². The summed E-state index contributed by atoms with van der Waals surface area (Å²) in [6.45, 7) is -0.297. The number of carbonyl (C=O) groups is 2. The largest absolute Gasteiger partial charge is 0.497 e. The number of hydrogen-bond donors (Lipinski definition) is 2. The van der Waals surface area contributed by atoms with Gasteiger partial charge in [-0.3, -0.25) is 9.59 Å². The van der Waals surface area contributed by atoms with Gasteiger partial charge in [-0.15, -0.1) is 0 Å². The van der Waals surface area contributed by atoms with E-state index in [-0.39, 0.29) is 18.5 Å². The van der Waals surface area contributed by atoms with Crippen LogP contribution in [0.4, 0.5) is 5.69 Å². The first-order chi connectivity index (χ1) is 10.0. The van der Waals surface area contributed by atoms with Crippen LogP contribution in [-0.4, -0.2) is 41.6 Å². The summed E-state index contributed by atoms with van der Waals surface area (Å²) in [4.78, 5) is 25.1. The standard InChI is InChI=1S/C15H20N2O4/c1-21-11-6-7-12(13(16)8-11)15(20)17(9-14(18)19)10-4-2-3-5-10/h6-8,10H,2-5,9,16H2,1H3,(H,18,19). The number of carboxylic acid groups (broad SMARTS) is 1. The molecular formula is C15H20N2O4. The molecule has 0 saturated heterocycles. The van der Waals surface area contributed by atoms with Gasteiger partial charge in [0.15, 0.2) is 0 Å². The maximum Gasteiger partial charge on any atom is 0.323 e. The Morgan fingerprint density at radius 3 is 2.57 bits per heavy atom. The summed E-state index contributed by atoms with van der Waals surface area (Å²) in [5, 5.41) is 9.05. The molecule has 0 bridgehead atoms. The molecule has 0 radical (unpaired) electrons. The minimum Gasteiger partial charge on any atom is -0.497 e. The average molecular weight is 292 g/mol. The normalized spacial score (nSPS) is 14.9. The lowest BCUT2D eigenvalue weighted by atomic mass is 10.1. The van der Waals surface area contributed by atoms with E-state index in [1.54, 1.807) is 18.2 Å². The van der Waals surface area contributed by atoms with Crippen LogP contribution in [-0.2, 0) is 4.79 Å². The molecule has 1 aromatic carbocycles. The molecule has 0 spiro atoms. The molecule has 3 N–H and O–H groups in total. The lowest BCUT2D eigenvalue weighted by Gasteiger charge is -2.28. The number of anilines is 1. The zero-order chi connectivity index (χ0) is 15.4. The number of rotatable bonds is 5. The maximum absolute atomic E-state index is 12.6. The predicted molar refractivity (Wildman–Crippen MR) is 78.3 cm³/mol. The number of ether oxygens (including phenoxy) is 1.